The Hall–Kier alpha value is -4.38. The highest BCUT2D eigenvalue weighted by atomic mass is 16.6. The normalized spacial score (nSPS) is 14.3. The van der Waals surface area contributed by atoms with Gasteiger partial charge in [0, 0.05) is 5.56 Å². The molecule has 0 bridgehead atoms. The number of carbonyl (C=O) groups is 1. The fraction of sp³-hybridized carbons (Fsp3) is 0.0714. The van der Waals surface area contributed by atoms with Crippen molar-refractivity contribution < 1.29 is 19.0 Å². The zero-order valence-corrected chi connectivity index (χ0v) is 18.0. The SMILES string of the molecule is COc1ccc(C=C2N=C(c3cccc4ccccc34)OC2=O)cc1OCc1ccccc1. The predicted molar refractivity (Wildman–Crippen MR) is 128 cm³/mol. The fourth-order valence-corrected chi connectivity index (χ4v) is 3.73. The van der Waals surface area contributed by atoms with Crippen LogP contribution in [0.15, 0.2) is 102 Å². The maximum absolute atomic E-state index is 12.6. The number of aliphatic imine (C=N–C) groups is 1. The van der Waals surface area contributed by atoms with Crippen molar-refractivity contribution in [2.45, 2.75) is 6.61 Å². The van der Waals surface area contributed by atoms with Crippen LogP contribution in [0.25, 0.3) is 16.8 Å². The first-order valence-corrected chi connectivity index (χ1v) is 10.6. The lowest BCUT2D eigenvalue weighted by Crippen LogP contribution is -2.05. The van der Waals surface area contributed by atoms with Gasteiger partial charge in [-0.25, -0.2) is 9.79 Å². The van der Waals surface area contributed by atoms with Crippen LogP contribution in [0.1, 0.15) is 16.7 Å². The first-order chi connectivity index (χ1) is 16.2. The predicted octanol–water partition coefficient (Wildman–Crippen LogP) is 5.77. The maximum Gasteiger partial charge on any atom is 0.363 e. The third-order valence-corrected chi connectivity index (χ3v) is 5.37. The smallest absolute Gasteiger partial charge is 0.363 e. The lowest BCUT2D eigenvalue weighted by atomic mass is 10.0. The number of cyclic esters (lactones) is 1. The number of fused-ring (bicyclic) bond motifs is 1. The van der Waals surface area contributed by atoms with Crippen LogP contribution in [0, 0.1) is 0 Å². The number of hydrogen-bond donors (Lipinski definition) is 0. The minimum atomic E-state index is -0.486. The van der Waals surface area contributed by atoms with Gasteiger partial charge in [-0.05, 0) is 46.2 Å². The van der Waals surface area contributed by atoms with Gasteiger partial charge < -0.3 is 14.2 Å². The van der Waals surface area contributed by atoms with E-state index in [1.54, 1.807) is 13.2 Å². The average Bonchev–Trinajstić information content (AvgIpc) is 3.22. The van der Waals surface area contributed by atoms with E-state index in [2.05, 4.69) is 4.99 Å². The second-order valence-corrected chi connectivity index (χ2v) is 7.55. The van der Waals surface area contributed by atoms with Gasteiger partial charge in [0.15, 0.2) is 17.2 Å². The number of hydrogen-bond acceptors (Lipinski definition) is 5. The van der Waals surface area contributed by atoms with Gasteiger partial charge in [0.2, 0.25) is 5.90 Å². The quantitative estimate of drug-likeness (QED) is 0.285. The molecule has 0 aromatic heterocycles. The van der Waals surface area contributed by atoms with Crippen molar-refractivity contribution in [2.75, 3.05) is 7.11 Å². The summed E-state index contributed by atoms with van der Waals surface area (Å²) in [6, 6.07) is 29.1. The average molecular weight is 435 g/mol. The van der Waals surface area contributed by atoms with Crippen LogP contribution in [0.5, 0.6) is 11.5 Å². The molecule has 33 heavy (non-hydrogen) atoms. The molecule has 0 N–H and O–H groups in total. The summed E-state index contributed by atoms with van der Waals surface area (Å²) in [5, 5.41) is 2.04. The molecule has 5 nitrogen and oxygen atoms in total. The molecule has 162 valence electrons. The molecule has 1 aliphatic rings. The van der Waals surface area contributed by atoms with E-state index in [-0.39, 0.29) is 5.70 Å². The Morgan fingerprint density at radius 2 is 1.67 bits per heavy atom. The zero-order valence-electron chi connectivity index (χ0n) is 18.0. The molecular weight excluding hydrogens is 414 g/mol. The molecule has 0 fully saturated rings. The summed E-state index contributed by atoms with van der Waals surface area (Å²) in [5.74, 6) is 1.01. The van der Waals surface area contributed by atoms with E-state index in [4.69, 9.17) is 14.2 Å². The highest BCUT2D eigenvalue weighted by Crippen LogP contribution is 2.31. The van der Waals surface area contributed by atoms with E-state index in [0.29, 0.717) is 24.0 Å². The number of carbonyl (C=O) groups excluding carboxylic acids is 1. The lowest BCUT2D eigenvalue weighted by molar-refractivity contribution is -0.129. The molecule has 0 atom stereocenters. The summed E-state index contributed by atoms with van der Waals surface area (Å²) < 4.78 is 16.9. The standard InChI is InChI=1S/C28H21NO4/c1-31-25-15-14-20(17-26(25)32-18-19-8-3-2-4-9-19)16-24-28(30)33-27(29-24)23-13-7-11-21-10-5-6-12-22(21)23/h2-17H,18H2,1H3. The van der Waals surface area contributed by atoms with Crippen LogP contribution in [0.3, 0.4) is 0 Å². The van der Waals surface area contributed by atoms with Crippen LogP contribution >= 0.6 is 0 Å². The maximum atomic E-state index is 12.6. The Morgan fingerprint density at radius 1 is 0.879 bits per heavy atom. The summed E-state index contributed by atoms with van der Waals surface area (Å²) in [6.45, 7) is 0.405. The Bertz CT molecular complexity index is 1380. The van der Waals surface area contributed by atoms with Crippen LogP contribution < -0.4 is 9.47 Å². The van der Waals surface area contributed by atoms with E-state index in [9.17, 15) is 4.79 Å². The first-order valence-electron chi connectivity index (χ1n) is 10.6. The number of methoxy groups -OCH3 is 1. The summed E-state index contributed by atoms with van der Waals surface area (Å²) >= 11 is 0. The van der Waals surface area contributed by atoms with Gasteiger partial charge >= 0.3 is 5.97 Å². The second kappa shape index (κ2) is 9.01. The second-order valence-electron chi connectivity index (χ2n) is 7.55. The van der Waals surface area contributed by atoms with Gasteiger partial charge in [-0.3, -0.25) is 0 Å². The summed E-state index contributed by atoms with van der Waals surface area (Å²) in [4.78, 5) is 17.0. The monoisotopic (exact) mass is 435 g/mol. The molecule has 5 rings (SSSR count). The van der Waals surface area contributed by atoms with Crippen LogP contribution in [0.4, 0.5) is 0 Å². The third-order valence-electron chi connectivity index (χ3n) is 5.37. The molecule has 4 aromatic carbocycles. The molecule has 0 amide bonds. The summed E-state index contributed by atoms with van der Waals surface area (Å²) in [7, 11) is 1.60. The Kier molecular flexibility index (Phi) is 5.60. The fourth-order valence-electron chi connectivity index (χ4n) is 3.73. The van der Waals surface area contributed by atoms with E-state index >= 15 is 0 Å². The highest BCUT2D eigenvalue weighted by Gasteiger charge is 2.25. The van der Waals surface area contributed by atoms with Crippen molar-refractivity contribution in [3.8, 4) is 11.5 Å². The first kappa shape index (κ1) is 20.5. The van der Waals surface area contributed by atoms with Gasteiger partial charge in [-0.1, -0.05) is 72.8 Å². The molecule has 4 aromatic rings. The largest absolute Gasteiger partial charge is 0.493 e. The molecule has 5 heteroatoms. The highest BCUT2D eigenvalue weighted by molar-refractivity contribution is 6.17. The van der Waals surface area contributed by atoms with Crippen molar-refractivity contribution in [3.05, 3.63) is 113 Å². The minimum Gasteiger partial charge on any atom is -0.493 e. The van der Waals surface area contributed by atoms with E-state index in [1.165, 1.54) is 0 Å². The Morgan fingerprint density at radius 3 is 2.52 bits per heavy atom. The van der Waals surface area contributed by atoms with Crippen LogP contribution in [0.2, 0.25) is 0 Å². The zero-order chi connectivity index (χ0) is 22.6. The van der Waals surface area contributed by atoms with Crippen LogP contribution in [-0.2, 0) is 16.1 Å². The molecule has 0 spiro atoms. The number of benzene rings is 4. The molecule has 0 unspecified atom stereocenters. The minimum absolute atomic E-state index is 0.233. The van der Waals surface area contributed by atoms with Crippen molar-refractivity contribution in [2.24, 2.45) is 4.99 Å². The molecular formula is C28H21NO4. The van der Waals surface area contributed by atoms with E-state index < -0.39 is 5.97 Å². The van der Waals surface area contributed by atoms with Gasteiger partial charge in [0.1, 0.15) is 6.61 Å². The molecule has 0 radical (unpaired) electrons. The molecule has 0 saturated heterocycles. The number of esters is 1. The van der Waals surface area contributed by atoms with Gasteiger partial charge in [-0.2, -0.15) is 0 Å². The Balaban J connectivity index is 1.44. The van der Waals surface area contributed by atoms with Crippen molar-refractivity contribution in [3.63, 3.8) is 0 Å². The molecule has 1 aliphatic heterocycles. The lowest BCUT2D eigenvalue weighted by Gasteiger charge is -2.11. The third kappa shape index (κ3) is 4.34. The van der Waals surface area contributed by atoms with E-state index in [0.717, 1.165) is 27.5 Å². The van der Waals surface area contributed by atoms with Gasteiger partial charge in [-0.15, -0.1) is 0 Å². The van der Waals surface area contributed by atoms with Crippen LogP contribution in [-0.4, -0.2) is 19.0 Å². The number of rotatable bonds is 6. The van der Waals surface area contributed by atoms with Crippen molar-refractivity contribution >= 4 is 28.7 Å². The Labute approximate surface area is 191 Å². The van der Waals surface area contributed by atoms with Gasteiger partial charge in [0.25, 0.3) is 0 Å². The molecule has 0 saturated carbocycles. The van der Waals surface area contributed by atoms with Crippen molar-refractivity contribution in [1.82, 2.24) is 0 Å². The number of nitrogens with zero attached hydrogens (tertiary/aromatic N) is 1. The van der Waals surface area contributed by atoms with Gasteiger partial charge in [0.05, 0.1) is 7.11 Å². The topological polar surface area (TPSA) is 57.1 Å². The van der Waals surface area contributed by atoms with E-state index in [1.807, 2.05) is 91.0 Å². The molecule has 1 heterocycles. The summed E-state index contributed by atoms with van der Waals surface area (Å²) in [5.41, 5.74) is 2.82. The number of ether oxygens (including phenoxy) is 3. The summed E-state index contributed by atoms with van der Waals surface area (Å²) in [6.07, 6.45) is 1.69. The molecule has 0 aliphatic carbocycles. The van der Waals surface area contributed by atoms with Crippen molar-refractivity contribution in [1.29, 1.82) is 0 Å².